The summed E-state index contributed by atoms with van der Waals surface area (Å²) < 4.78 is 36.5. The summed E-state index contributed by atoms with van der Waals surface area (Å²) in [4.78, 5) is 17.3. The van der Waals surface area contributed by atoms with Gasteiger partial charge in [-0.2, -0.15) is 10.1 Å². The molecular weight excluding hydrogens is 536 g/mol. The van der Waals surface area contributed by atoms with Crippen LogP contribution in [0.2, 0.25) is 0 Å². The number of hydrogen-bond donors (Lipinski definition) is 0. The summed E-state index contributed by atoms with van der Waals surface area (Å²) in [6, 6.07) is 13.9. The van der Waals surface area contributed by atoms with Crippen molar-refractivity contribution in [3.05, 3.63) is 64.3 Å². The van der Waals surface area contributed by atoms with E-state index < -0.39 is 15.8 Å². The Hall–Kier alpha value is -3.31. The predicted octanol–water partition coefficient (Wildman–Crippen LogP) is 5.06. The second-order valence-corrected chi connectivity index (χ2v) is 10.9. The maximum atomic E-state index is 12.6. The van der Waals surface area contributed by atoms with E-state index in [9.17, 15) is 13.2 Å². The fourth-order valence-electron chi connectivity index (χ4n) is 3.56. The molecule has 2 aromatic carbocycles. The SMILES string of the molecule is CCOC(=O)c1nn(-c2ccccc2C(C)C)c(-c2noc(-c3cccc(S(C)(=O)=O)c3)n2)c1Br. The largest absolute Gasteiger partial charge is 0.461 e. The highest BCUT2D eigenvalue weighted by Gasteiger charge is 2.28. The maximum Gasteiger partial charge on any atom is 0.360 e. The molecule has 0 aliphatic heterocycles. The van der Waals surface area contributed by atoms with Gasteiger partial charge in [0.2, 0.25) is 5.82 Å². The van der Waals surface area contributed by atoms with Crippen LogP contribution < -0.4 is 0 Å². The lowest BCUT2D eigenvalue weighted by Crippen LogP contribution is -2.08. The average molecular weight is 559 g/mol. The van der Waals surface area contributed by atoms with Crippen molar-refractivity contribution >= 4 is 31.7 Å². The van der Waals surface area contributed by atoms with Gasteiger partial charge in [-0.1, -0.05) is 43.3 Å². The number of rotatable bonds is 7. The number of ether oxygens (including phenoxy) is 1. The zero-order valence-electron chi connectivity index (χ0n) is 19.5. The van der Waals surface area contributed by atoms with Crippen molar-refractivity contribution < 1.29 is 22.5 Å². The average Bonchev–Trinajstić information content (AvgIpc) is 3.43. The van der Waals surface area contributed by atoms with Gasteiger partial charge in [0.15, 0.2) is 15.5 Å². The van der Waals surface area contributed by atoms with Crippen LogP contribution in [0.1, 0.15) is 42.7 Å². The van der Waals surface area contributed by atoms with Crippen LogP contribution in [-0.4, -0.2) is 47.2 Å². The van der Waals surface area contributed by atoms with Gasteiger partial charge in [-0.05, 0) is 58.6 Å². The smallest absolute Gasteiger partial charge is 0.360 e. The van der Waals surface area contributed by atoms with Crippen molar-refractivity contribution in [3.8, 4) is 28.7 Å². The fraction of sp³-hybridized carbons (Fsp3) is 0.250. The number of aromatic nitrogens is 4. The normalized spacial score (nSPS) is 11.7. The van der Waals surface area contributed by atoms with Crippen molar-refractivity contribution in [1.29, 1.82) is 0 Å². The molecule has 4 rings (SSSR count). The number of nitrogens with zero attached hydrogens (tertiary/aromatic N) is 4. The summed E-state index contributed by atoms with van der Waals surface area (Å²) >= 11 is 3.49. The first-order chi connectivity index (χ1) is 16.6. The van der Waals surface area contributed by atoms with Gasteiger partial charge in [-0.3, -0.25) is 0 Å². The lowest BCUT2D eigenvalue weighted by Gasteiger charge is -2.14. The molecule has 2 heterocycles. The summed E-state index contributed by atoms with van der Waals surface area (Å²) in [6.45, 7) is 6.03. The molecule has 9 nitrogen and oxygen atoms in total. The topological polar surface area (TPSA) is 117 Å². The van der Waals surface area contributed by atoms with E-state index >= 15 is 0 Å². The Kier molecular flexibility index (Phi) is 6.91. The zero-order valence-corrected chi connectivity index (χ0v) is 21.9. The van der Waals surface area contributed by atoms with Crippen molar-refractivity contribution in [2.75, 3.05) is 12.9 Å². The number of para-hydroxylation sites is 1. The number of halogens is 1. The minimum atomic E-state index is -3.42. The van der Waals surface area contributed by atoms with Gasteiger partial charge in [0.25, 0.3) is 5.89 Å². The molecule has 0 unspecified atom stereocenters. The number of sulfone groups is 1. The molecule has 0 amide bonds. The summed E-state index contributed by atoms with van der Waals surface area (Å²) in [5.74, 6) is -0.128. The number of carbonyl (C=O) groups is 1. The van der Waals surface area contributed by atoms with Crippen LogP contribution in [0.3, 0.4) is 0 Å². The second-order valence-electron chi connectivity index (χ2n) is 8.08. The number of carbonyl (C=O) groups excluding carboxylic acids is 1. The Morgan fingerprint density at radius 3 is 2.60 bits per heavy atom. The lowest BCUT2D eigenvalue weighted by molar-refractivity contribution is 0.0518. The number of benzene rings is 2. The van der Waals surface area contributed by atoms with Crippen molar-refractivity contribution in [2.45, 2.75) is 31.6 Å². The van der Waals surface area contributed by atoms with E-state index in [0.29, 0.717) is 15.7 Å². The standard InChI is InChI=1S/C24H23BrN4O5S/c1-5-33-24(30)20-19(25)21(29(27-20)18-12-7-6-11-17(18)14(2)3)22-26-23(34-28-22)15-9-8-10-16(13-15)35(4,31)32/h6-14H,5H2,1-4H3. The molecule has 0 saturated heterocycles. The highest BCUT2D eigenvalue weighted by Crippen LogP contribution is 2.35. The first-order valence-corrected chi connectivity index (χ1v) is 13.5. The van der Waals surface area contributed by atoms with Crippen molar-refractivity contribution in [3.63, 3.8) is 0 Å². The van der Waals surface area contributed by atoms with Crippen molar-refractivity contribution in [1.82, 2.24) is 19.9 Å². The van der Waals surface area contributed by atoms with Gasteiger partial charge in [-0.15, -0.1) is 0 Å². The Balaban J connectivity index is 1.90. The van der Waals surface area contributed by atoms with Crippen LogP contribution in [-0.2, 0) is 14.6 Å². The van der Waals surface area contributed by atoms with E-state index in [1.165, 1.54) is 12.1 Å². The molecule has 0 N–H and O–H groups in total. The van der Waals surface area contributed by atoms with Gasteiger partial charge in [0, 0.05) is 11.8 Å². The quantitative estimate of drug-likeness (QED) is 0.289. The van der Waals surface area contributed by atoms with Crippen molar-refractivity contribution in [2.24, 2.45) is 0 Å². The third kappa shape index (κ3) is 4.92. The summed E-state index contributed by atoms with van der Waals surface area (Å²) in [6.07, 6.45) is 1.13. The molecular formula is C24H23BrN4O5S. The summed E-state index contributed by atoms with van der Waals surface area (Å²) in [7, 11) is -3.42. The molecule has 11 heteroatoms. The Labute approximate surface area is 211 Å². The third-order valence-electron chi connectivity index (χ3n) is 5.23. The molecule has 4 aromatic rings. The molecule has 0 aliphatic carbocycles. The van der Waals surface area contributed by atoms with Crippen LogP contribution in [0.4, 0.5) is 0 Å². The lowest BCUT2D eigenvalue weighted by atomic mass is 10.0. The molecule has 35 heavy (non-hydrogen) atoms. The molecule has 0 aliphatic rings. The van der Waals surface area contributed by atoms with Crippen LogP contribution in [0.5, 0.6) is 0 Å². The fourth-order valence-corrected chi connectivity index (χ4v) is 4.81. The Bertz CT molecular complexity index is 1510. The molecule has 0 bridgehead atoms. The van der Waals surface area contributed by atoms with Crippen LogP contribution in [0.25, 0.3) is 28.7 Å². The van der Waals surface area contributed by atoms with E-state index in [1.807, 2.05) is 24.3 Å². The maximum absolute atomic E-state index is 12.6. The van der Waals surface area contributed by atoms with E-state index in [1.54, 1.807) is 23.7 Å². The highest BCUT2D eigenvalue weighted by molar-refractivity contribution is 9.10. The predicted molar refractivity (Wildman–Crippen MR) is 133 cm³/mol. The van der Waals surface area contributed by atoms with Crippen LogP contribution in [0, 0.1) is 0 Å². The van der Waals surface area contributed by atoms with Gasteiger partial charge in [0.1, 0.15) is 5.69 Å². The van der Waals surface area contributed by atoms with E-state index in [4.69, 9.17) is 9.26 Å². The molecule has 182 valence electrons. The molecule has 0 spiro atoms. The highest BCUT2D eigenvalue weighted by atomic mass is 79.9. The monoisotopic (exact) mass is 558 g/mol. The molecule has 2 aromatic heterocycles. The van der Waals surface area contributed by atoms with Crippen LogP contribution in [0.15, 0.2) is 62.4 Å². The summed E-state index contributed by atoms with van der Waals surface area (Å²) in [5.41, 5.74) is 2.67. The minimum absolute atomic E-state index is 0.0748. The van der Waals surface area contributed by atoms with Gasteiger partial charge in [-0.25, -0.2) is 17.9 Å². The van der Waals surface area contributed by atoms with Gasteiger partial charge in [0.05, 0.1) is 21.7 Å². The van der Waals surface area contributed by atoms with Gasteiger partial charge < -0.3 is 9.26 Å². The first-order valence-electron chi connectivity index (χ1n) is 10.8. The molecule has 0 atom stereocenters. The van der Waals surface area contributed by atoms with E-state index in [0.717, 1.165) is 17.5 Å². The molecule has 0 saturated carbocycles. The molecule has 0 radical (unpaired) electrons. The number of esters is 1. The zero-order chi connectivity index (χ0) is 25.3. The summed E-state index contributed by atoms with van der Waals surface area (Å²) in [5, 5.41) is 8.66. The van der Waals surface area contributed by atoms with E-state index in [-0.39, 0.29) is 34.8 Å². The van der Waals surface area contributed by atoms with Crippen LogP contribution >= 0.6 is 15.9 Å². The molecule has 0 fully saturated rings. The van der Waals surface area contributed by atoms with Gasteiger partial charge >= 0.3 is 5.97 Å². The number of hydrogen-bond acceptors (Lipinski definition) is 8. The minimum Gasteiger partial charge on any atom is -0.461 e. The second kappa shape index (κ2) is 9.74. The Morgan fingerprint density at radius 1 is 1.17 bits per heavy atom. The third-order valence-corrected chi connectivity index (χ3v) is 7.09. The van der Waals surface area contributed by atoms with E-state index in [2.05, 4.69) is 45.0 Å². The Morgan fingerprint density at radius 2 is 1.91 bits per heavy atom. The first kappa shape index (κ1) is 24.8.